The summed E-state index contributed by atoms with van der Waals surface area (Å²) in [4.78, 5) is 16.7. The highest BCUT2D eigenvalue weighted by molar-refractivity contribution is 5.95. The molecular formula is C22H31F2N3O3. The van der Waals surface area contributed by atoms with E-state index in [1.807, 2.05) is 39.8 Å². The van der Waals surface area contributed by atoms with Crippen LogP contribution in [0.5, 0.6) is 5.75 Å². The van der Waals surface area contributed by atoms with E-state index in [2.05, 4.69) is 4.90 Å². The number of halogens is 2. The summed E-state index contributed by atoms with van der Waals surface area (Å²) in [5.74, 6) is 0.761. The maximum absolute atomic E-state index is 12.7. The van der Waals surface area contributed by atoms with Gasteiger partial charge in [-0.1, -0.05) is 0 Å². The molecule has 0 unspecified atom stereocenters. The Morgan fingerprint density at radius 1 is 1.17 bits per heavy atom. The van der Waals surface area contributed by atoms with Crippen LogP contribution in [0.1, 0.15) is 31.9 Å². The first-order valence-electron chi connectivity index (χ1n) is 10.2. The van der Waals surface area contributed by atoms with E-state index in [-0.39, 0.29) is 6.54 Å². The van der Waals surface area contributed by atoms with Crippen LogP contribution in [0.2, 0.25) is 0 Å². The minimum absolute atomic E-state index is 0.176. The number of aryl methyl sites for hydroxylation is 1. The smallest absolute Gasteiger partial charge is 0.419 e. The third kappa shape index (κ3) is 5.10. The highest BCUT2D eigenvalue weighted by Crippen LogP contribution is 2.33. The largest absolute Gasteiger partial charge is 0.496 e. The molecule has 0 aliphatic carbocycles. The number of fused-ring (bicyclic) bond motifs is 1. The lowest BCUT2D eigenvalue weighted by molar-refractivity contribution is 0.0536. The van der Waals surface area contributed by atoms with Gasteiger partial charge in [-0.2, -0.15) is 0 Å². The lowest BCUT2D eigenvalue weighted by Crippen LogP contribution is -2.47. The Kier molecular flexibility index (Phi) is 6.67. The molecular weight excluding hydrogens is 392 g/mol. The molecule has 166 valence electrons. The van der Waals surface area contributed by atoms with Gasteiger partial charge in [0.15, 0.2) is 0 Å². The number of piperazine rings is 1. The summed E-state index contributed by atoms with van der Waals surface area (Å²) in [5, 5.41) is 0.938. The zero-order valence-corrected chi connectivity index (χ0v) is 18.4. The number of methoxy groups -OCH3 is 1. The standard InChI is InChI=1S/C22H31F2N3O3/c1-15-12-18(29-5)17(13-25-8-10-26(11-9-25)14-19(23)24)16-6-7-27(20(15)16)21(28)30-22(2,3)4/h6-7,12,19H,8-11,13-14H2,1-5H3. The third-order valence-electron chi connectivity index (χ3n) is 5.28. The van der Waals surface area contributed by atoms with Crippen molar-refractivity contribution in [1.82, 2.24) is 14.4 Å². The van der Waals surface area contributed by atoms with Gasteiger partial charge in [0.2, 0.25) is 0 Å². The summed E-state index contributed by atoms with van der Waals surface area (Å²) in [5.41, 5.74) is 2.12. The molecule has 1 aromatic heterocycles. The highest BCUT2D eigenvalue weighted by atomic mass is 19.3. The van der Waals surface area contributed by atoms with Crippen LogP contribution in [-0.2, 0) is 11.3 Å². The molecule has 1 aromatic carbocycles. The van der Waals surface area contributed by atoms with E-state index in [1.165, 1.54) is 0 Å². The second-order valence-electron chi connectivity index (χ2n) is 8.77. The Labute approximate surface area is 176 Å². The molecule has 3 rings (SSSR count). The number of carbonyl (C=O) groups is 1. The van der Waals surface area contributed by atoms with Gasteiger partial charge in [-0.05, 0) is 45.4 Å². The molecule has 2 aromatic rings. The molecule has 0 N–H and O–H groups in total. The summed E-state index contributed by atoms with van der Waals surface area (Å²) < 4.78 is 38.0. The number of benzene rings is 1. The molecule has 2 heterocycles. The lowest BCUT2D eigenvalue weighted by atomic mass is 10.0. The summed E-state index contributed by atoms with van der Waals surface area (Å²) in [7, 11) is 1.63. The molecule has 0 radical (unpaired) electrons. The van der Waals surface area contributed by atoms with Crippen LogP contribution in [0.4, 0.5) is 13.6 Å². The van der Waals surface area contributed by atoms with Gasteiger partial charge in [-0.15, -0.1) is 0 Å². The van der Waals surface area contributed by atoms with E-state index in [4.69, 9.17) is 9.47 Å². The zero-order chi connectivity index (χ0) is 22.1. The normalized spacial score (nSPS) is 16.4. The predicted octanol–water partition coefficient (Wildman–Crippen LogP) is 4.12. The number of alkyl halides is 2. The van der Waals surface area contributed by atoms with Gasteiger partial charge in [0.1, 0.15) is 11.4 Å². The number of carbonyl (C=O) groups excluding carboxylic acids is 1. The number of nitrogens with zero attached hydrogens (tertiary/aromatic N) is 3. The lowest BCUT2D eigenvalue weighted by Gasteiger charge is -2.34. The molecule has 1 saturated heterocycles. The van der Waals surface area contributed by atoms with Crippen LogP contribution in [0.3, 0.4) is 0 Å². The van der Waals surface area contributed by atoms with Crippen molar-refractivity contribution in [1.29, 1.82) is 0 Å². The number of rotatable bonds is 5. The van der Waals surface area contributed by atoms with Crippen molar-refractivity contribution in [3.8, 4) is 5.75 Å². The highest BCUT2D eigenvalue weighted by Gasteiger charge is 2.25. The van der Waals surface area contributed by atoms with Gasteiger partial charge in [0.25, 0.3) is 6.43 Å². The van der Waals surface area contributed by atoms with Crippen LogP contribution >= 0.6 is 0 Å². The van der Waals surface area contributed by atoms with E-state index in [0.717, 1.165) is 27.8 Å². The van der Waals surface area contributed by atoms with Gasteiger partial charge in [-0.3, -0.25) is 14.4 Å². The molecule has 0 atom stereocenters. The summed E-state index contributed by atoms with van der Waals surface area (Å²) >= 11 is 0. The van der Waals surface area contributed by atoms with Gasteiger partial charge < -0.3 is 9.47 Å². The summed E-state index contributed by atoms with van der Waals surface area (Å²) in [6, 6.07) is 3.85. The van der Waals surface area contributed by atoms with Crippen molar-refractivity contribution in [3.63, 3.8) is 0 Å². The van der Waals surface area contributed by atoms with E-state index in [9.17, 15) is 13.6 Å². The number of hydrogen-bond donors (Lipinski definition) is 0. The van der Waals surface area contributed by atoms with E-state index >= 15 is 0 Å². The minimum atomic E-state index is -2.30. The molecule has 1 aliphatic heterocycles. The molecule has 6 nitrogen and oxygen atoms in total. The average Bonchev–Trinajstić information content (AvgIpc) is 3.09. The van der Waals surface area contributed by atoms with Crippen molar-refractivity contribution in [2.24, 2.45) is 0 Å². The number of ether oxygens (including phenoxy) is 2. The first-order chi connectivity index (χ1) is 14.1. The maximum Gasteiger partial charge on any atom is 0.419 e. The van der Waals surface area contributed by atoms with Crippen molar-refractivity contribution in [2.45, 2.75) is 46.3 Å². The maximum atomic E-state index is 12.7. The first-order valence-corrected chi connectivity index (χ1v) is 10.2. The number of aromatic nitrogens is 1. The molecule has 0 bridgehead atoms. The monoisotopic (exact) mass is 423 g/mol. The van der Waals surface area contributed by atoms with Crippen molar-refractivity contribution in [3.05, 3.63) is 29.5 Å². The van der Waals surface area contributed by atoms with Crippen molar-refractivity contribution < 1.29 is 23.0 Å². The molecule has 8 heteroatoms. The fraction of sp³-hybridized carbons (Fsp3) is 0.591. The van der Waals surface area contributed by atoms with Crippen LogP contribution in [0, 0.1) is 6.92 Å². The molecule has 0 spiro atoms. The van der Waals surface area contributed by atoms with Crippen LogP contribution in [0.15, 0.2) is 18.3 Å². The number of hydrogen-bond acceptors (Lipinski definition) is 5. The molecule has 1 fully saturated rings. The molecule has 0 amide bonds. The Morgan fingerprint density at radius 2 is 1.80 bits per heavy atom. The summed E-state index contributed by atoms with van der Waals surface area (Å²) in [6.07, 6.45) is -0.992. The van der Waals surface area contributed by atoms with E-state index < -0.39 is 18.1 Å². The molecule has 0 saturated carbocycles. The quantitative estimate of drug-likeness (QED) is 0.724. The van der Waals surface area contributed by atoms with Gasteiger partial charge in [-0.25, -0.2) is 13.6 Å². The topological polar surface area (TPSA) is 46.9 Å². The fourth-order valence-electron chi connectivity index (χ4n) is 3.92. The fourth-order valence-corrected chi connectivity index (χ4v) is 3.92. The zero-order valence-electron chi connectivity index (χ0n) is 18.4. The Bertz CT molecular complexity index is 897. The average molecular weight is 424 g/mol. The Balaban J connectivity index is 1.87. The first kappa shape index (κ1) is 22.5. The molecule has 1 aliphatic rings. The van der Waals surface area contributed by atoms with Crippen LogP contribution in [-0.4, -0.2) is 72.3 Å². The third-order valence-corrected chi connectivity index (χ3v) is 5.28. The molecule has 30 heavy (non-hydrogen) atoms. The van der Waals surface area contributed by atoms with E-state index in [1.54, 1.807) is 22.8 Å². The minimum Gasteiger partial charge on any atom is -0.496 e. The van der Waals surface area contributed by atoms with Gasteiger partial charge in [0.05, 0.1) is 19.2 Å². The van der Waals surface area contributed by atoms with Crippen molar-refractivity contribution in [2.75, 3.05) is 39.8 Å². The Morgan fingerprint density at radius 3 is 2.37 bits per heavy atom. The second kappa shape index (κ2) is 8.89. The van der Waals surface area contributed by atoms with Gasteiger partial charge in [0, 0.05) is 49.9 Å². The predicted molar refractivity (Wildman–Crippen MR) is 113 cm³/mol. The van der Waals surface area contributed by atoms with Crippen molar-refractivity contribution >= 4 is 17.0 Å². The van der Waals surface area contributed by atoms with Crippen LogP contribution < -0.4 is 4.74 Å². The van der Waals surface area contributed by atoms with Gasteiger partial charge >= 0.3 is 6.09 Å². The Hall–Kier alpha value is -2.19. The summed E-state index contributed by atoms with van der Waals surface area (Å²) in [6.45, 7) is 10.5. The van der Waals surface area contributed by atoms with Crippen LogP contribution in [0.25, 0.3) is 10.9 Å². The second-order valence-corrected chi connectivity index (χ2v) is 8.77. The SMILES string of the molecule is COc1cc(C)c2c(ccn2C(=O)OC(C)(C)C)c1CN1CCN(CC(F)F)CC1. The van der Waals surface area contributed by atoms with E-state index in [0.29, 0.717) is 32.7 Å².